The van der Waals surface area contributed by atoms with Crippen molar-refractivity contribution in [3.8, 4) is 0 Å². The number of carbonyl (C=O) groups excluding carboxylic acids is 1. The molecular formula is C21H29N5O. The van der Waals surface area contributed by atoms with Crippen LogP contribution < -0.4 is 5.32 Å². The number of nitrogens with zero attached hydrogens (tertiary/aromatic N) is 4. The minimum absolute atomic E-state index is 0.183. The Hall–Kier alpha value is -2.18. The van der Waals surface area contributed by atoms with Crippen molar-refractivity contribution < 1.29 is 4.79 Å². The number of nitrogens with one attached hydrogen (secondary N) is 1. The summed E-state index contributed by atoms with van der Waals surface area (Å²) in [6, 6.07) is 12.6. The zero-order valence-electron chi connectivity index (χ0n) is 15.9. The van der Waals surface area contributed by atoms with Crippen LogP contribution in [-0.2, 0) is 17.9 Å². The number of benzene rings is 1. The largest absolute Gasteiger partial charge is 0.339 e. The summed E-state index contributed by atoms with van der Waals surface area (Å²) in [6.45, 7) is 6.85. The number of piperazine rings is 1. The lowest BCUT2D eigenvalue weighted by atomic mass is 9.96. The van der Waals surface area contributed by atoms with Gasteiger partial charge >= 0.3 is 0 Å². The molecule has 6 nitrogen and oxygen atoms in total. The number of hydrogen-bond donors (Lipinski definition) is 1. The Morgan fingerprint density at radius 1 is 1.11 bits per heavy atom. The molecule has 1 N–H and O–H groups in total. The molecule has 2 fully saturated rings. The Kier molecular flexibility index (Phi) is 5.84. The fraction of sp³-hybridized carbons (Fsp3) is 0.524. The van der Waals surface area contributed by atoms with E-state index in [1.165, 1.54) is 24.1 Å². The fourth-order valence-electron chi connectivity index (χ4n) is 4.15. The summed E-state index contributed by atoms with van der Waals surface area (Å²) >= 11 is 0. The van der Waals surface area contributed by atoms with Crippen LogP contribution in [0, 0.1) is 0 Å². The number of aromatic nitrogens is 2. The van der Waals surface area contributed by atoms with Gasteiger partial charge in [0.2, 0.25) is 5.91 Å². The van der Waals surface area contributed by atoms with Crippen LogP contribution in [0.5, 0.6) is 0 Å². The molecule has 1 atom stereocenters. The van der Waals surface area contributed by atoms with Crippen LogP contribution >= 0.6 is 0 Å². The summed E-state index contributed by atoms with van der Waals surface area (Å²) in [4.78, 5) is 17.2. The predicted molar refractivity (Wildman–Crippen MR) is 105 cm³/mol. The van der Waals surface area contributed by atoms with Gasteiger partial charge in [0.1, 0.15) is 6.54 Å². The van der Waals surface area contributed by atoms with Crippen LogP contribution in [0.15, 0.2) is 42.6 Å². The number of carbonyl (C=O) groups is 1. The lowest BCUT2D eigenvalue weighted by Crippen LogP contribution is -2.49. The molecule has 1 amide bonds. The van der Waals surface area contributed by atoms with Crippen molar-refractivity contribution in [2.75, 3.05) is 39.3 Å². The minimum Gasteiger partial charge on any atom is -0.339 e. The molecule has 3 heterocycles. The average molecular weight is 367 g/mol. The Balaban J connectivity index is 1.29. The quantitative estimate of drug-likeness (QED) is 0.874. The highest BCUT2D eigenvalue weighted by atomic mass is 16.2. The van der Waals surface area contributed by atoms with Gasteiger partial charge in [-0.2, -0.15) is 5.10 Å². The summed E-state index contributed by atoms with van der Waals surface area (Å²) in [5, 5.41) is 7.88. The molecule has 0 saturated carbocycles. The van der Waals surface area contributed by atoms with Gasteiger partial charge in [0.05, 0.1) is 0 Å². The number of amides is 1. The van der Waals surface area contributed by atoms with Gasteiger partial charge in [0.15, 0.2) is 0 Å². The number of piperidine rings is 1. The highest BCUT2D eigenvalue weighted by Crippen LogP contribution is 2.23. The monoisotopic (exact) mass is 367 g/mol. The molecule has 27 heavy (non-hydrogen) atoms. The molecule has 4 rings (SSSR count). The van der Waals surface area contributed by atoms with E-state index in [-0.39, 0.29) is 5.91 Å². The smallest absolute Gasteiger partial charge is 0.244 e. The molecule has 1 aromatic heterocycles. The van der Waals surface area contributed by atoms with Crippen LogP contribution in [0.4, 0.5) is 0 Å². The minimum atomic E-state index is 0.183. The third-order valence-corrected chi connectivity index (χ3v) is 5.72. The van der Waals surface area contributed by atoms with E-state index < -0.39 is 0 Å². The summed E-state index contributed by atoms with van der Waals surface area (Å²) in [5.41, 5.74) is 2.53. The molecule has 0 spiro atoms. The average Bonchev–Trinajstić information content (AvgIpc) is 3.18. The zero-order chi connectivity index (χ0) is 18.5. The van der Waals surface area contributed by atoms with Gasteiger partial charge in [-0.05, 0) is 31.0 Å². The summed E-state index contributed by atoms with van der Waals surface area (Å²) in [7, 11) is 0. The van der Waals surface area contributed by atoms with Crippen molar-refractivity contribution in [1.29, 1.82) is 0 Å². The second-order valence-corrected chi connectivity index (χ2v) is 7.60. The molecule has 0 bridgehead atoms. The number of rotatable bonds is 5. The normalized spacial score (nSPS) is 21.3. The van der Waals surface area contributed by atoms with Crippen molar-refractivity contribution in [3.63, 3.8) is 0 Å². The Bertz CT molecular complexity index is 730. The standard InChI is InChI=1S/C21H29N5O/c27-21(17-26-20(8-10-23-26)19-7-4-9-22-15-19)25-13-11-24(12-14-25)16-18-5-2-1-3-6-18/h1-3,5-6,8,10,19,22H,4,7,9,11-17H2/t19-/m0/s1. The first-order valence-electron chi connectivity index (χ1n) is 10.1. The first-order chi connectivity index (χ1) is 13.3. The lowest BCUT2D eigenvalue weighted by Gasteiger charge is -2.35. The maximum atomic E-state index is 12.8. The van der Waals surface area contributed by atoms with Crippen molar-refractivity contribution >= 4 is 5.91 Å². The maximum absolute atomic E-state index is 12.8. The van der Waals surface area contributed by atoms with E-state index in [2.05, 4.69) is 45.6 Å². The lowest BCUT2D eigenvalue weighted by molar-refractivity contribution is -0.133. The van der Waals surface area contributed by atoms with Gasteiger partial charge in [-0.1, -0.05) is 30.3 Å². The molecule has 2 aromatic rings. The Morgan fingerprint density at radius 3 is 2.67 bits per heavy atom. The maximum Gasteiger partial charge on any atom is 0.244 e. The Labute approximate surface area is 161 Å². The van der Waals surface area contributed by atoms with E-state index in [1.54, 1.807) is 0 Å². The van der Waals surface area contributed by atoms with Crippen molar-refractivity contribution in [2.45, 2.75) is 31.8 Å². The molecule has 2 saturated heterocycles. The molecule has 1 aromatic carbocycles. The fourth-order valence-corrected chi connectivity index (χ4v) is 4.15. The molecule has 6 heteroatoms. The van der Waals surface area contributed by atoms with Gasteiger partial charge < -0.3 is 10.2 Å². The first kappa shape index (κ1) is 18.2. The second-order valence-electron chi connectivity index (χ2n) is 7.60. The highest BCUT2D eigenvalue weighted by molar-refractivity contribution is 5.76. The van der Waals surface area contributed by atoms with E-state index in [1.807, 2.05) is 21.8 Å². The van der Waals surface area contributed by atoms with Gasteiger partial charge in [-0.3, -0.25) is 14.4 Å². The summed E-state index contributed by atoms with van der Waals surface area (Å²) < 4.78 is 1.91. The van der Waals surface area contributed by atoms with Crippen molar-refractivity contribution in [1.82, 2.24) is 24.9 Å². The molecule has 0 aliphatic carbocycles. The van der Waals surface area contributed by atoms with Crippen LogP contribution in [0.3, 0.4) is 0 Å². The third kappa shape index (κ3) is 4.57. The van der Waals surface area contributed by atoms with Crippen molar-refractivity contribution in [2.24, 2.45) is 0 Å². The van der Waals surface area contributed by atoms with E-state index in [9.17, 15) is 4.79 Å². The number of hydrogen-bond acceptors (Lipinski definition) is 4. The molecule has 144 valence electrons. The Morgan fingerprint density at radius 2 is 1.93 bits per heavy atom. The van der Waals surface area contributed by atoms with Crippen molar-refractivity contribution in [3.05, 3.63) is 53.9 Å². The molecule has 0 unspecified atom stereocenters. The first-order valence-corrected chi connectivity index (χ1v) is 10.1. The van der Waals surface area contributed by atoms with E-state index in [4.69, 9.17) is 0 Å². The van der Waals surface area contributed by atoms with Gasteiger partial charge in [-0.15, -0.1) is 0 Å². The van der Waals surface area contributed by atoms with Gasteiger partial charge in [-0.25, -0.2) is 0 Å². The highest BCUT2D eigenvalue weighted by Gasteiger charge is 2.24. The SMILES string of the molecule is O=C(Cn1nccc1[C@H]1CCCNC1)N1CCN(Cc2ccccc2)CC1. The molecule has 2 aliphatic heterocycles. The zero-order valence-corrected chi connectivity index (χ0v) is 15.9. The van der Waals surface area contributed by atoms with Gasteiger partial charge in [0.25, 0.3) is 0 Å². The molecular weight excluding hydrogens is 338 g/mol. The van der Waals surface area contributed by atoms with Gasteiger partial charge in [0, 0.05) is 57.1 Å². The van der Waals surface area contributed by atoms with E-state index >= 15 is 0 Å². The third-order valence-electron chi connectivity index (χ3n) is 5.72. The molecule has 0 radical (unpaired) electrons. The van der Waals surface area contributed by atoms with Crippen LogP contribution in [-0.4, -0.2) is 64.8 Å². The topological polar surface area (TPSA) is 53.4 Å². The summed E-state index contributed by atoms with van der Waals surface area (Å²) in [6.07, 6.45) is 4.19. The second kappa shape index (κ2) is 8.67. The van der Waals surface area contributed by atoms with Crippen LogP contribution in [0.2, 0.25) is 0 Å². The van der Waals surface area contributed by atoms with Crippen LogP contribution in [0.1, 0.15) is 30.0 Å². The predicted octanol–water partition coefficient (Wildman–Crippen LogP) is 1.69. The van der Waals surface area contributed by atoms with Crippen LogP contribution in [0.25, 0.3) is 0 Å². The summed E-state index contributed by atoms with van der Waals surface area (Å²) in [5.74, 6) is 0.653. The van der Waals surface area contributed by atoms with E-state index in [0.29, 0.717) is 12.5 Å². The molecule has 2 aliphatic rings. The van der Waals surface area contributed by atoms with E-state index in [0.717, 1.165) is 45.8 Å².